The first kappa shape index (κ1) is 18.9. The third-order valence-corrected chi connectivity index (χ3v) is 5.86. The maximum absolute atomic E-state index is 13.2. The molecule has 1 aromatic heterocycles. The second-order valence-electron chi connectivity index (χ2n) is 8.07. The Kier molecular flexibility index (Phi) is 5.57. The minimum atomic E-state index is 0.0295. The molecule has 0 bridgehead atoms. The number of amides is 1. The first-order valence-corrected chi connectivity index (χ1v) is 10.3. The molecule has 0 radical (unpaired) electrons. The van der Waals surface area contributed by atoms with E-state index in [1.807, 2.05) is 41.3 Å². The molecule has 2 fully saturated rings. The summed E-state index contributed by atoms with van der Waals surface area (Å²) in [5.74, 6) is 2.21. The number of aromatic nitrogens is 2. The van der Waals surface area contributed by atoms with Crippen molar-refractivity contribution in [1.82, 2.24) is 19.8 Å². The molecule has 2 aliphatic heterocycles. The average molecular weight is 380 g/mol. The highest BCUT2D eigenvalue weighted by Gasteiger charge is 2.25. The van der Waals surface area contributed by atoms with Crippen LogP contribution in [0.1, 0.15) is 30.3 Å². The fraction of sp³-hybridized carbons (Fsp3) is 0.500. The number of piperidine rings is 1. The van der Waals surface area contributed by atoms with Crippen molar-refractivity contribution in [1.29, 1.82) is 0 Å². The van der Waals surface area contributed by atoms with Gasteiger partial charge >= 0.3 is 0 Å². The van der Waals surface area contributed by atoms with Crippen molar-refractivity contribution in [2.45, 2.75) is 19.8 Å². The summed E-state index contributed by atoms with van der Waals surface area (Å²) in [7, 11) is 2.14. The van der Waals surface area contributed by atoms with Crippen molar-refractivity contribution >= 4 is 11.7 Å². The molecule has 2 aromatic rings. The fourth-order valence-corrected chi connectivity index (χ4v) is 3.83. The number of piperazine rings is 1. The van der Waals surface area contributed by atoms with Crippen molar-refractivity contribution in [3.63, 3.8) is 0 Å². The highest BCUT2D eigenvalue weighted by molar-refractivity contribution is 5.93. The van der Waals surface area contributed by atoms with Gasteiger partial charge in [0.05, 0.1) is 0 Å². The van der Waals surface area contributed by atoms with E-state index < -0.39 is 0 Å². The minimum absolute atomic E-state index is 0.0295. The molecule has 0 saturated carbocycles. The number of benzene rings is 1. The Morgan fingerprint density at radius 1 is 0.964 bits per heavy atom. The van der Waals surface area contributed by atoms with Gasteiger partial charge < -0.3 is 14.7 Å². The standard InChI is InChI=1S/C22H29N5O/c1-17-8-10-27(11-9-17)22(28)19-16-20(26-14-12-25(2)13-15-26)24-21(23-19)18-6-4-3-5-7-18/h3-7,16-17H,8-15H2,1-2H3. The number of nitrogens with zero attached hydrogens (tertiary/aromatic N) is 5. The van der Waals surface area contributed by atoms with Crippen LogP contribution < -0.4 is 4.90 Å². The summed E-state index contributed by atoms with van der Waals surface area (Å²) in [6, 6.07) is 11.8. The minimum Gasteiger partial charge on any atom is -0.354 e. The number of rotatable bonds is 3. The predicted molar refractivity (Wildman–Crippen MR) is 111 cm³/mol. The van der Waals surface area contributed by atoms with Crippen molar-refractivity contribution < 1.29 is 4.79 Å². The Bertz CT molecular complexity index is 809. The van der Waals surface area contributed by atoms with E-state index in [0.29, 0.717) is 17.4 Å². The monoisotopic (exact) mass is 379 g/mol. The number of likely N-dealkylation sites (tertiary alicyclic amines) is 1. The zero-order valence-electron chi connectivity index (χ0n) is 16.8. The quantitative estimate of drug-likeness (QED) is 0.821. The van der Waals surface area contributed by atoms with Gasteiger partial charge in [0.1, 0.15) is 11.5 Å². The van der Waals surface area contributed by atoms with E-state index in [0.717, 1.165) is 63.5 Å². The molecule has 0 spiro atoms. The molecule has 0 N–H and O–H groups in total. The topological polar surface area (TPSA) is 52.6 Å². The van der Waals surface area contributed by atoms with Crippen molar-refractivity contribution in [2.24, 2.45) is 5.92 Å². The van der Waals surface area contributed by atoms with E-state index in [9.17, 15) is 4.79 Å². The first-order valence-electron chi connectivity index (χ1n) is 10.3. The van der Waals surface area contributed by atoms with Crippen LogP contribution in [0, 0.1) is 5.92 Å². The van der Waals surface area contributed by atoms with Gasteiger partial charge in [-0.3, -0.25) is 4.79 Å². The van der Waals surface area contributed by atoms with Gasteiger partial charge in [-0.05, 0) is 25.8 Å². The lowest BCUT2D eigenvalue weighted by Crippen LogP contribution is -2.45. The van der Waals surface area contributed by atoms with Crippen LogP contribution in [0.25, 0.3) is 11.4 Å². The van der Waals surface area contributed by atoms with Gasteiger partial charge in [0.15, 0.2) is 5.82 Å². The van der Waals surface area contributed by atoms with Crippen LogP contribution in [-0.2, 0) is 0 Å². The third-order valence-electron chi connectivity index (χ3n) is 5.86. The van der Waals surface area contributed by atoms with Gasteiger partial charge in [-0.25, -0.2) is 9.97 Å². The van der Waals surface area contributed by atoms with E-state index in [4.69, 9.17) is 4.98 Å². The summed E-state index contributed by atoms with van der Waals surface area (Å²) >= 11 is 0. The summed E-state index contributed by atoms with van der Waals surface area (Å²) in [6.45, 7) is 7.71. The summed E-state index contributed by atoms with van der Waals surface area (Å²) < 4.78 is 0. The molecule has 0 aliphatic carbocycles. The van der Waals surface area contributed by atoms with Gasteiger partial charge in [0, 0.05) is 50.9 Å². The van der Waals surface area contributed by atoms with Crippen LogP contribution in [0.15, 0.2) is 36.4 Å². The lowest BCUT2D eigenvalue weighted by molar-refractivity contribution is 0.0691. The van der Waals surface area contributed by atoms with Crippen molar-refractivity contribution in [3.8, 4) is 11.4 Å². The molecular formula is C22H29N5O. The second kappa shape index (κ2) is 8.27. The SMILES string of the molecule is CC1CCN(C(=O)c2cc(N3CCN(C)CC3)nc(-c3ccccc3)n2)CC1. The molecule has 2 aliphatic rings. The van der Waals surface area contributed by atoms with E-state index in [-0.39, 0.29) is 5.91 Å². The Balaban J connectivity index is 1.66. The Labute approximate surface area is 167 Å². The smallest absolute Gasteiger partial charge is 0.272 e. The molecule has 3 heterocycles. The van der Waals surface area contributed by atoms with E-state index in [2.05, 4.69) is 28.8 Å². The van der Waals surface area contributed by atoms with E-state index in [1.54, 1.807) is 0 Å². The lowest BCUT2D eigenvalue weighted by atomic mass is 9.99. The molecule has 1 amide bonds. The molecule has 6 heteroatoms. The zero-order valence-corrected chi connectivity index (χ0v) is 16.8. The number of carbonyl (C=O) groups is 1. The van der Waals surface area contributed by atoms with Crippen LogP contribution in [0.4, 0.5) is 5.82 Å². The van der Waals surface area contributed by atoms with Gasteiger partial charge in [-0.15, -0.1) is 0 Å². The zero-order chi connectivity index (χ0) is 19.5. The molecule has 6 nitrogen and oxygen atoms in total. The highest BCUT2D eigenvalue weighted by atomic mass is 16.2. The van der Waals surface area contributed by atoms with Gasteiger partial charge in [0.2, 0.25) is 0 Å². The van der Waals surface area contributed by atoms with E-state index in [1.165, 1.54) is 0 Å². The largest absolute Gasteiger partial charge is 0.354 e. The molecule has 148 valence electrons. The van der Waals surface area contributed by atoms with Crippen LogP contribution in [-0.4, -0.2) is 72.0 Å². The maximum atomic E-state index is 13.2. The average Bonchev–Trinajstić information content (AvgIpc) is 2.74. The number of carbonyl (C=O) groups excluding carboxylic acids is 1. The Hall–Kier alpha value is -2.47. The second-order valence-corrected chi connectivity index (χ2v) is 8.07. The summed E-state index contributed by atoms with van der Waals surface area (Å²) in [4.78, 5) is 29.2. The van der Waals surface area contributed by atoms with E-state index >= 15 is 0 Å². The molecule has 1 aromatic carbocycles. The summed E-state index contributed by atoms with van der Waals surface area (Å²) in [6.07, 6.45) is 2.13. The van der Waals surface area contributed by atoms with Crippen LogP contribution >= 0.6 is 0 Å². The summed E-state index contributed by atoms with van der Waals surface area (Å²) in [5.41, 5.74) is 1.46. The van der Waals surface area contributed by atoms with Gasteiger partial charge in [-0.2, -0.15) is 0 Å². The molecule has 0 unspecified atom stereocenters. The molecular weight excluding hydrogens is 350 g/mol. The van der Waals surface area contributed by atoms with Crippen LogP contribution in [0.2, 0.25) is 0 Å². The number of likely N-dealkylation sites (N-methyl/N-ethyl adjacent to an activating group) is 1. The maximum Gasteiger partial charge on any atom is 0.272 e. The van der Waals surface area contributed by atoms with Crippen LogP contribution in [0.5, 0.6) is 0 Å². The molecule has 28 heavy (non-hydrogen) atoms. The predicted octanol–water partition coefficient (Wildman–Crippen LogP) is 2.77. The molecule has 4 rings (SSSR count). The van der Waals surface area contributed by atoms with Crippen LogP contribution in [0.3, 0.4) is 0 Å². The molecule has 2 saturated heterocycles. The molecule has 0 atom stereocenters. The number of hydrogen-bond donors (Lipinski definition) is 0. The lowest BCUT2D eigenvalue weighted by Gasteiger charge is -2.34. The van der Waals surface area contributed by atoms with Crippen molar-refractivity contribution in [2.75, 3.05) is 51.2 Å². The third kappa shape index (κ3) is 4.17. The van der Waals surface area contributed by atoms with Gasteiger partial charge in [0.25, 0.3) is 5.91 Å². The first-order chi connectivity index (χ1) is 13.6. The Morgan fingerprint density at radius 3 is 2.32 bits per heavy atom. The Morgan fingerprint density at radius 2 is 1.64 bits per heavy atom. The normalized spacial score (nSPS) is 19.1. The van der Waals surface area contributed by atoms with Crippen molar-refractivity contribution in [3.05, 3.63) is 42.1 Å². The fourth-order valence-electron chi connectivity index (χ4n) is 3.83. The summed E-state index contributed by atoms with van der Waals surface area (Å²) in [5, 5.41) is 0. The number of hydrogen-bond acceptors (Lipinski definition) is 5. The van der Waals surface area contributed by atoms with Gasteiger partial charge in [-0.1, -0.05) is 37.3 Å². The highest BCUT2D eigenvalue weighted by Crippen LogP contribution is 2.23. The number of anilines is 1.